The number of para-hydroxylation sites is 1. The van der Waals surface area contributed by atoms with Gasteiger partial charge in [-0.2, -0.15) is 0 Å². The number of ether oxygens (including phenoxy) is 2. The highest BCUT2D eigenvalue weighted by molar-refractivity contribution is 9.10. The molecule has 7 heteroatoms. The van der Waals surface area contributed by atoms with E-state index in [0.717, 1.165) is 22.9 Å². The van der Waals surface area contributed by atoms with E-state index in [4.69, 9.17) is 9.47 Å². The summed E-state index contributed by atoms with van der Waals surface area (Å²) in [6, 6.07) is 13.5. The monoisotopic (exact) mass is 490 g/mol. The van der Waals surface area contributed by atoms with Gasteiger partial charge in [-0.3, -0.25) is 20.4 Å². The Morgan fingerprint density at radius 1 is 0.871 bits per heavy atom. The molecular weight excluding hydrogens is 460 g/mol. The molecule has 0 radical (unpaired) electrons. The highest BCUT2D eigenvalue weighted by atomic mass is 79.9. The van der Waals surface area contributed by atoms with Gasteiger partial charge in [0.05, 0.1) is 4.47 Å². The topological polar surface area (TPSA) is 76.7 Å². The lowest BCUT2D eigenvalue weighted by Crippen LogP contribution is -2.45. The van der Waals surface area contributed by atoms with Crippen LogP contribution in [0.1, 0.15) is 63.5 Å². The molecule has 0 aliphatic heterocycles. The molecule has 0 aliphatic rings. The molecule has 0 fully saturated rings. The maximum Gasteiger partial charge on any atom is 0.276 e. The smallest absolute Gasteiger partial charge is 0.276 e. The van der Waals surface area contributed by atoms with Gasteiger partial charge in [0.15, 0.2) is 13.2 Å². The van der Waals surface area contributed by atoms with Gasteiger partial charge in [0.25, 0.3) is 11.8 Å². The van der Waals surface area contributed by atoms with Crippen molar-refractivity contribution in [1.29, 1.82) is 0 Å². The Kier molecular flexibility index (Phi) is 9.85. The van der Waals surface area contributed by atoms with Crippen LogP contribution in [0, 0.1) is 0 Å². The number of nitrogens with one attached hydrogen (secondary N) is 2. The van der Waals surface area contributed by atoms with Crippen LogP contribution in [0.2, 0.25) is 0 Å². The lowest BCUT2D eigenvalue weighted by molar-refractivity contribution is -0.131. The van der Waals surface area contributed by atoms with E-state index in [9.17, 15) is 9.59 Å². The summed E-state index contributed by atoms with van der Waals surface area (Å²) in [5.74, 6) is 1.10. The minimum absolute atomic E-state index is 0.197. The van der Waals surface area contributed by atoms with Crippen molar-refractivity contribution in [3.63, 3.8) is 0 Å². The van der Waals surface area contributed by atoms with E-state index in [1.807, 2.05) is 42.5 Å². The molecular formula is C24H31BrN2O4. The molecule has 168 valence electrons. The first-order valence-electron chi connectivity index (χ1n) is 10.6. The van der Waals surface area contributed by atoms with Crippen molar-refractivity contribution in [2.75, 3.05) is 13.2 Å². The zero-order chi connectivity index (χ0) is 22.8. The summed E-state index contributed by atoms with van der Waals surface area (Å²) in [5.41, 5.74) is 6.94. The Labute approximate surface area is 192 Å². The van der Waals surface area contributed by atoms with Crippen molar-refractivity contribution in [2.45, 2.75) is 52.4 Å². The van der Waals surface area contributed by atoms with E-state index in [1.165, 1.54) is 5.56 Å². The van der Waals surface area contributed by atoms with Crippen molar-refractivity contribution in [2.24, 2.45) is 0 Å². The van der Waals surface area contributed by atoms with Gasteiger partial charge in [-0.15, -0.1) is 0 Å². The van der Waals surface area contributed by atoms with Crippen LogP contribution < -0.4 is 20.3 Å². The largest absolute Gasteiger partial charge is 0.483 e. The fraction of sp³-hybridized carbons (Fsp3) is 0.417. The van der Waals surface area contributed by atoms with Crippen molar-refractivity contribution >= 4 is 27.7 Å². The number of carbonyl (C=O) groups is 2. The Hall–Kier alpha value is -2.54. The highest BCUT2D eigenvalue weighted by Crippen LogP contribution is 2.30. The predicted molar refractivity (Wildman–Crippen MR) is 125 cm³/mol. The summed E-state index contributed by atoms with van der Waals surface area (Å²) < 4.78 is 12.0. The summed E-state index contributed by atoms with van der Waals surface area (Å²) in [6.07, 6.45) is 2.01. The third-order valence-corrected chi connectivity index (χ3v) is 5.88. The van der Waals surface area contributed by atoms with Crippen LogP contribution >= 0.6 is 15.9 Å². The molecule has 0 bridgehead atoms. The van der Waals surface area contributed by atoms with Crippen LogP contribution in [0.4, 0.5) is 0 Å². The average Bonchev–Trinajstić information content (AvgIpc) is 2.79. The molecule has 0 aromatic heterocycles. The maximum atomic E-state index is 12.0. The normalized spacial score (nSPS) is 12.5. The number of rotatable bonds is 10. The zero-order valence-electron chi connectivity index (χ0n) is 18.5. The number of hydrogen-bond acceptors (Lipinski definition) is 4. The van der Waals surface area contributed by atoms with Crippen LogP contribution in [0.5, 0.6) is 11.5 Å². The number of carbonyl (C=O) groups excluding carboxylic acids is 2. The van der Waals surface area contributed by atoms with Gasteiger partial charge in [-0.1, -0.05) is 52.0 Å². The van der Waals surface area contributed by atoms with E-state index in [-0.39, 0.29) is 13.2 Å². The molecule has 0 heterocycles. The second-order valence-electron chi connectivity index (χ2n) is 7.52. The molecule has 2 unspecified atom stereocenters. The molecule has 31 heavy (non-hydrogen) atoms. The van der Waals surface area contributed by atoms with Gasteiger partial charge in [0.2, 0.25) is 0 Å². The third kappa shape index (κ3) is 7.58. The molecule has 6 nitrogen and oxygen atoms in total. The van der Waals surface area contributed by atoms with E-state index >= 15 is 0 Å². The molecule has 2 N–H and O–H groups in total. The predicted octanol–water partition coefficient (Wildman–Crippen LogP) is 5.08. The lowest BCUT2D eigenvalue weighted by Gasteiger charge is -2.16. The quantitative estimate of drug-likeness (QED) is 0.455. The summed E-state index contributed by atoms with van der Waals surface area (Å²) >= 11 is 3.48. The highest BCUT2D eigenvalue weighted by Gasteiger charge is 2.13. The Morgan fingerprint density at radius 3 is 2.03 bits per heavy atom. The first kappa shape index (κ1) is 24.7. The van der Waals surface area contributed by atoms with Crippen molar-refractivity contribution < 1.29 is 19.1 Å². The van der Waals surface area contributed by atoms with Gasteiger partial charge in [0, 0.05) is 0 Å². The molecule has 0 spiro atoms. The van der Waals surface area contributed by atoms with E-state index in [0.29, 0.717) is 23.3 Å². The SMILES string of the molecule is CCC(C)c1ccc(OCC(=O)NNC(=O)COc2ccccc2C(C)CC)c(Br)c1. The number of hydrogen-bond donors (Lipinski definition) is 2. The van der Waals surface area contributed by atoms with E-state index < -0.39 is 11.8 Å². The Morgan fingerprint density at radius 2 is 1.45 bits per heavy atom. The lowest BCUT2D eigenvalue weighted by atomic mass is 9.98. The van der Waals surface area contributed by atoms with Crippen LogP contribution in [-0.2, 0) is 9.59 Å². The van der Waals surface area contributed by atoms with Gasteiger partial charge in [0.1, 0.15) is 11.5 Å². The van der Waals surface area contributed by atoms with Crippen molar-refractivity contribution in [3.05, 3.63) is 58.1 Å². The van der Waals surface area contributed by atoms with Crippen LogP contribution in [0.15, 0.2) is 46.9 Å². The summed E-state index contributed by atoms with van der Waals surface area (Å²) in [4.78, 5) is 24.0. The minimum atomic E-state index is -0.466. The summed E-state index contributed by atoms with van der Waals surface area (Å²) in [5, 5.41) is 0. The number of halogens is 1. The van der Waals surface area contributed by atoms with Gasteiger partial charge >= 0.3 is 0 Å². The van der Waals surface area contributed by atoms with E-state index in [2.05, 4.69) is 54.5 Å². The van der Waals surface area contributed by atoms with Crippen LogP contribution in [0.3, 0.4) is 0 Å². The fourth-order valence-electron chi connectivity index (χ4n) is 2.91. The molecule has 2 atom stereocenters. The summed E-state index contributed by atoms with van der Waals surface area (Å²) in [6.45, 7) is 8.09. The molecule has 0 saturated carbocycles. The molecule has 2 rings (SSSR count). The van der Waals surface area contributed by atoms with Crippen molar-refractivity contribution in [3.8, 4) is 11.5 Å². The van der Waals surface area contributed by atoms with Gasteiger partial charge in [-0.25, -0.2) is 0 Å². The minimum Gasteiger partial charge on any atom is -0.483 e. The first-order valence-corrected chi connectivity index (χ1v) is 11.4. The zero-order valence-corrected chi connectivity index (χ0v) is 20.1. The molecule has 2 aromatic carbocycles. The maximum absolute atomic E-state index is 12.0. The van der Waals surface area contributed by atoms with Crippen molar-refractivity contribution in [1.82, 2.24) is 10.9 Å². The Bertz CT molecular complexity index is 888. The average molecular weight is 491 g/mol. The molecule has 0 saturated heterocycles. The summed E-state index contributed by atoms with van der Waals surface area (Å²) in [7, 11) is 0. The molecule has 2 aromatic rings. The van der Waals surface area contributed by atoms with Crippen LogP contribution in [-0.4, -0.2) is 25.0 Å². The van der Waals surface area contributed by atoms with Gasteiger partial charge in [-0.05, 0) is 69.9 Å². The number of amides is 2. The van der Waals surface area contributed by atoms with Gasteiger partial charge < -0.3 is 9.47 Å². The first-order chi connectivity index (χ1) is 14.8. The number of benzene rings is 2. The second kappa shape index (κ2) is 12.3. The third-order valence-electron chi connectivity index (χ3n) is 5.26. The molecule has 2 amide bonds. The standard InChI is InChI=1S/C24H31BrN2O4/c1-5-16(3)18-11-12-22(20(25)13-18)31-15-24(29)27-26-23(28)14-30-21-10-8-7-9-19(21)17(4)6-2/h7-13,16-17H,5-6,14-15H2,1-4H3,(H,26,28)(H,27,29). The van der Waals surface area contributed by atoms with Crippen LogP contribution in [0.25, 0.3) is 0 Å². The fourth-order valence-corrected chi connectivity index (χ4v) is 3.42. The Balaban J connectivity index is 1.77. The second-order valence-corrected chi connectivity index (χ2v) is 8.37. The molecule has 0 aliphatic carbocycles. The number of hydrazine groups is 1. The van der Waals surface area contributed by atoms with E-state index in [1.54, 1.807) is 0 Å².